The summed E-state index contributed by atoms with van der Waals surface area (Å²) >= 11 is 0. The molecule has 0 aromatic heterocycles. The first-order chi connectivity index (χ1) is 8.20. The minimum absolute atomic E-state index is 0.0378. The van der Waals surface area contributed by atoms with Gasteiger partial charge in [-0.2, -0.15) is 0 Å². The molecule has 0 bridgehead atoms. The predicted molar refractivity (Wildman–Crippen MR) is 64.4 cm³/mol. The van der Waals surface area contributed by atoms with E-state index in [0.29, 0.717) is 19.0 Å². The van der Waals surface area contributed by atoms with Crippen LogP contribution in [0, 0.1) is 5.92 Å². The van der Waals surface area contributed by atoms with Gasteiger partial charge in [-0.1, -0.05) is 13.3 Å². The largest absolute Gasteiger partial charge is 0.341 e. The first-order valence-electron chi connectivity index (χ1n) is 6.47. The van der Waals surface area contributed by atoms with Crippen LogP contribution in [0.2, 0.25) is 0 Å². The second-order valence-electron chi connectivity index (χ2n) is 4.89. The van der Waals surface area contributed by atoms with Gasteiger partial charge in [-0.05, 0) is 12.3 Å². The van der Waals surface area contributed by atoms with E-state index in [9.17, 15) is 9.59 Å². The Morgan fingerprint density at radius 1 is 1.47 bits per heavy atom. The second-order valence-corrected chi connectivity index (χ2v) is 4.89. The van der Waals surface area contributed by atoms with Crippen molar-refractivity contribution in [3.63, 3.8) is 0 Å². The number of piperazine rings is 1. The Bertz CT molecular complexity index is 306. The van der Waals surface area contributed by atoms with Crippen molar-refractivity contribution in [3.05, 3.63) is 0 Å². The maximum Gasteiger partial charge on any atom is 0.242 e. The molecule has 5 nitrogen and oxygen atoms in total. The maximum absolute atomic E-state index is 12.0. The molecule has 2 aliphatic heterocycles. The molecule has 96 valence electrons. The van der Waals surface area contributed by atoms with Crippen molar-refractivity contribution in [2.75, 3.05) is 39.3 Å². The van der Waals surface area contributed by atoms with E-state index in [0.717, 1.165) is 32.5 Å². The Labute approximate surface area is 102 Å². The highest BCUT2D eigenvalue weighted by Gasteiger charge is 2.27. The molecule has 2 aliphatic rings. The lowest BCUT2D eigenvalue weighted by atomic mass is 10.1. The van der Waals surface area contributed by atoms with Gasteiger partial charge in [0.1, 0.15) is 0 Å². The summed E-state index contributed by atoms with van der Waals surface area (Å²) in [6.45, 7) is 5.96. The van der Waals surface area contributed by atoms with E-state index >= 15 is 0 Å². The molecule has 2 amide bonds. The number of carbonyl (C=O) groups excluding carboxylic acids is 2. The molecular formula is C12H21N3O2. The Morgan fingerprint density at radius 2 is 2.29 bits per heavy atom. The molecule has 0 unspecified atom stereocenters. The van der Waals surface area contributed by atoms with E-state index in [1.54, 1.807) is 4.90 Å². The van der Waals surface area contributed by atoms with Crippen molar-refractivity contribution in [3.8, 4) is 0 Å². The number of nitrogens with one attached hydrogen (secondary N) is 1. The average Bonchev–Trinajstić information content (AvgIpc) is 2.81. The monoisotopic (exact) mass is 239 g/mol. The van der Waals surface area contributed by atoms with Crippen LogP contribution in [0.3, 0.4) is 0 Å². The maximum atomic E-state index is 12.0. The third-order valence-electron chi connectivity index (χ3n) is 3.73. The molecule has 17 heavy (non-hydrogen) atoms. The van der Waals surface area contributed by atoms with Gasteiger partial charge >= 0.3 is 0 Å². The zero-order valence-corrected chi connectivity index (χ0v) is 10.4. The normalized spacial score (nSPS) is 25.5. The third-order valence-corrected chi connectivity index (χ3v) is 3.73. The number of hydrogen-bond donors (Lipinski definition) is 1. The van der Waals surface area contributed by atoms with E-state index in [1.165, 1.54) is 0 Å². The van der Waals surface area contributed by atoms with Crippen molar-refractivity contribution < 1.29 is 9.59 Å². The molecule has 2 rings (SSSR count). The van der Waals surface area contributed by atoms with E-state index in [4.69, 9.17) is 0 Å². The van der Waals surface area contributed by atoms with Crippen molar-refractivity contribution in [2.24, 2.45) is 5.92 Å². The SMILES string of the molecule is CC[C@@H]1CCN(C(=O)CN2CCNCC2=O)C1. The summed E-state index contributed by atoms with van der Waals surface area (Å²) in [5.41, 5.74) is 0. The fraction of sp³-hybridized carbons (Fsp3) is 0.833. The lowest BCUT2D eigenvalue weighted by molar-refractivity contribution is -0.140. The molecule has 0 aliphatic carbocycles. The number of likely N-dealkylation sites (tertiary alicyclic amines) is 1. The van der Waals surface area contributed by atoms with E-state index in [1.807, 2.05) is 4.90 Å². The Morgan fingerprint density at radius 3 is 2.94 bits per heavy atom. The molecule has 0 aromatic carbocycles. The van der Waals surface area contributed by atoms with Crippen molar-refractivity contribution in [2.45, 2.75) is 19.8 Å². The summed E-state index contributed by atoms with van der Waals surface area (Å²) < 4.78 is 0. The van der Waals surface area contributed by atoms with Crippen molar-refractivity contribution >= 4 is 11.8 Å². The van der Waals surface area contributed by atoms with Crippen LogP contribution in [-0.4, -0.2) is 60.9 Å². The van der Waals surface area contributed by atoms with E-state index in [2.05, 4.69) is 12.2 Å². The molecule has 5 heteroatoms. The van der Waals surface area contributed by atoms with Gasteiger partial charge in [-0.3, -0.25) is 9.59 Å². The van der Waals surface area contributed by atoms with Crippen molar-refractivity contribution in [1.29, 1.82) is 0 Å². The van der Waals surface area contributed by atoms with Gasteiger partial charge < -0.3 is 15.1 Å². The third kappa shape index (κ3) is 2.97. The fourth-order valence-electron chi connectivity index (χ4n) is 2.47. The van der Waals surface area contributed by atoms with Crippen LogP contribution in [-0.2, 0) is 9.59 Å². The minimum Gasteiger partial charge on any atom is -0.341 e. The second kappa shape index (κ2) is 5.49. The van der Waals surface area contributed by atoms with Crippen LogP contribution < -0.4 is 5.32 Å². The summed E-state index contributed by atoms with van der Waals surface area (Å²) in [4.78, 5) is 27.2. The van der Waals surface area contributed by atoms with Gasteiger partial charge in [0.15, 0.2) is 0 Å². The van der Waals surface area contributed by atoms with Gasteiger partial charge in [-0.25, -0.2) is 0 Å². The van der Waals surface area contributed by atoms with Crippen LogP contribution in [0.1, 0.15) is 19.8 Å². The molecule has 0 aromatic rings. The smallest absolute Gasteiger partial charge is 0.242 e. The van der Waals surface area contributed by atoms with Crippen LogP contribution in [0.15, 0.2) is 0 Å². The van der Waals surface area contributed by atoms with Crippen LogP contribution in [0.5, 0.6) is 0 Å². The average molecular weight is 239 g/mol. The molecule has 2 saturated heterocycles. The highest BCUT2D eigenvalue weighted by molar-refractivity contribution is 5.86. The summed E-state index contributed by atoms with van der Waals surface area (Å²) in [5, 5.41) is 3.01. The molecule has 1 atom stereocenters. The summed E-state index contributed by atoms with van der Waals surface area (Å²) in [7, 11) is 0. The highest BCUT2D eigenvalue weighted by Crippen LogP contribution is 2.19. The molecular weight excluding hydrogens is 218 g/mol. The quantitative estimate of drug-likeness (QED) is 0.734. The number of amides is 2. The number of rotatable bonds is 3. The van der Waals surface area contributed by atoms with Gasteiger partial charge in [0.05, 0.1) is 13.1 Å². The topological polar surface area (TPSA) is 52.7 Å². The number of hydrogen-bond acceptors (Lipinski definition) is 3. The molecule has 0 radical (unpaired) electrons. The van der Waals surface area contributed by atoms with Gasteiger partial charge in [0, 0.05) is 26.2 Å². The Hall–Kier alpha value is -1.10. The Balaban J connectivity index is 1.82. The van der Waals surface area contributed by atoms with E-state index in [-0.39, 0.29) is 18.4 Å². The highest BCUT2D eigenvalue weighted by atomic mass is 16.2. The predicted octanol–water partition coefficient (Wildman–Crippen LogP) is -0.323. The number of nitrogens with zero attached hydrogens (tertiary/aromatic N) is 2. The minimum atomic E-state index is 0.0378. The summed E-state index contributed by atoms with van der Waals surface area (Å²) in [6.07, 6.45) is 2.24. The summed E-state index contributed by atoms with van der Waals surface area (Å²) in [5.74, 6) is 0.796. The van der Waals surface area contributed by atoms with Gasteiger partial charge in [-0.15, -0.1) is 0 Å². The fourth-order valence-corrected chi connectivity index (χ4v) is 2.47. The van der Waals surface area contributed by atoms with E-state index < -0.39 is 0 Å². The number of carbonyl (C=O) groups is 2. The molecule has 2 heterocycles. The first-order valence-corrected chi connectivity index (χ1v) is 6.47. The lowest BCUT2D eigenvalue weighted by Crippen LogP contribution is -2.51. The first kappa shape index (κ1) is 12.4. The zero-order valence-electron chi connectivity index (χ0n) is 10.4. The van der Waals surface area contributed by atoms with Crippen LogP contribution in [0.25, 0.3) is 0 Å². The molecule has 0 saturated carbocycles. The van der Waals surface area contributed by atoms with Gasteiger partial charge in [0.2, 0.25) is 11.8 Å². The lowest BCUT2D eigenvalue weighted by Gasteiger charge is -2.28. The molecule has 1 N–H and O–H groups in total. The summed E-state index contributed by atoms with van der Waals surface area (Å²) in [6, 6.07) is 0. The van der Waals surface area contributed by atoms with Crippen molar-refractivity contribution in [1.82, 2.24) is 15.1 Å². The molecule has 2 fully saturated rings. The Kier molecular flexibility index (Phi) is 3.99. The van der Waals surface area contributed by atoms with Crippen LogP contribution >= 0.6 is 0 Å². The van der Waals surface area contributed by atoms with Crippen LogP contribution in [0.4, 0.5) is 0 Å². The molecule has 0 spiro atoms. The zero-order chi connectivity index (χ0) is 12.3. The standard InChI is InChI=1S/C12H21N3O2/c1-2-10-3-5-14(8-10)12(17)9-15-6-4-13-7-11(15)16/h10,13H,2-9H2,1H3/t10-/m1/s1. The van der Waals surface area contributed by atoms with Gasteiger partial charge in [0.25, 0.3) is 0 Å².